The number of amides is 2. The molecule has 2 amide bonds. The van der Waals surface area contributed by atoms with Crippen molar-refractivity contribution in [3.8, 4) is 0 Å². The Bertz CT molecular complexity index is 682. The van der Waals surface area contributed by atoms with Crippen LogP contribution < -0.4 is 16.4 Å². The predicted molar refractivity (Wildman–Crippen MR) is 125 cm³/mol. The summed E-state index contributed by atoms with van der Waals surface area (Å²) < 4.78 is 0. The Morgan fingerprint density at radius 3 is 1.93 bits per heavy atom. The topological polar surface area (TPSA) is 84.2 Å². The largest absolute Gasteiger partial charge is 0.350 e. The van der Waals surface area contributed by atoms with E-state index in [0.717, 1.165) is 18.4 Å². The molecule has 0 heterocycles. The predicted octanol–water partition coefficient (Wildman–Crippen LogP) is 3.98. The van der Waals surface area contributed by atoms with E-state index in [1.165, 1.54) is 5.56 Å². The van der Waals surface area contributed by atoms with Gasteiger partial charge in [0.15, 0.2) is 0 Å². The average molecular weight is 418 g/mol. The number of rotatable bonds is 9. The van der Waals surface area contributed by atoms with Gasteiger partial charge < -0.3 is 16.4 Å². The van der Waals surface area contributed by atoms with Crippen LogP contribution in [0.4, 0.5) is 0 Å². The summed E-state index contributed by atoms with van der Waals surface area (Å²) in [5.74, 6) is -0.155. The molecule has 170 valence electrons. The van der Waals surface area contributed by atoms with E-state index in [1.807, 2.05) is 34.6 Å². The van der Waals surface area contributed by atoms with Crippen LogP contribution in [0.1, 0.15) is 79.4 Å². The zero-order chi connectivity index (χ0) is 23.1. The molecule has 0 aliphatic rings. The first-order valence-corrected chi connectivity index (χ1v) is 11.1. The quantitative estimate of drug-likeness (QED) is 0.568. The van der Waals surface area contributed by atoms with Crippen LogP contribution in [0.2, 0.25) is 0 Å². The fraction of sp³-hybridized carbons (Fsp3) is 0.680. The van der Waals surface area contributed by atoms with Crippen molar-refractivity contribution in [2.75, 3.05) is 0 Å². The summed E-state index contributed by atoms with van der Waals surface area (Å²) in [6.07, 6.45) is 3.16. The van der Waals surface area contributed by atoms with E-state index in [0.29, 0.717) is 24.2 Å². The molecular weight excluding hydrogens is 374 g/mol. The Morgan fingerprint density at radius 2 is 1.47 bits per heavy atom. The second kappa shape index (κ2) is 10.9. The number of nitrogens with two attached hydrogens (primary N) is 1. The van der Waals surface area contributed by atoms with E-state index in [2.05, 4.69) is 55.7 Å². The van der Waals surface area contributed by atoms with E-state index >= 15 is 0 Å². The normalized spacial score (nSPS) is 14.3. The maximum Gasteiger partial charge on any atom is 0.243 e. The van der Waals surface area contributed by atoms with Gasteiger partial charge in [-0.1, -0.05) is 58.9 Å². The van der Waals surface area contributed by atoms with E-state index in [4.69, 9.17) is 5.73 Å². The Kier molecular flexibility index (Phi) is 9.54. The Hall–Kier alpha value is -1.88. The van der Waals surface area contributed by atoms with Gasteiger partial charge in [-0.25, -0.2) is 0 Å². The highest BCUT2D eigenvalue weighted by atomic mass is 16.2. The molecule has 0 radical (unpaired) electrons. The molecule has 0 spiro atoms. The molecule has 5 heteroatoms. The van der Waals surface area contributed by atoms with Crippen molar-refractivity contribution in [2.24, 2.45) is 17.1 Å². The third-order valence-corrected chi connectivity index (χ3v) is 4.82. The molecule has 4 N–H and O–H groups in total. The Balaban J connectivity index is 2.89. The lowest BCUT2D eigenvalue weighted by atomic mass is 9.88. The molecule has 0 fully saturated rings. The molecule has 30 heavy (non-hydrogen) atoms. The molecule has 1 rings (SSSR count). The molecule has 0 bridgehead atoms. The van der Waals surface area contributed by atoms with E-state index < -0.39 is 12.1 Å². The summed E-state index contributed by atoms with van der Waals surface area (Å²) in [5, 5.41) is 5.86. The smallest absolute Gasteiger partial charge is 0.243 e. The van der Waals surface area contributed by atoms with Crippen LogP contribution in [0.3, 0.4) is 0 Å². The van der Waals surface area contributed by atoms with Crippen LogP contribution >= 0.6 is 0 Å². The van der Waals surface area contributed by atoms with Crippen molar-refractivity contribution in [3.05, 3.63) is 35.4 Å². The molecule has 1 aromatic carbocycles. The third kappa shape index (κ3) is 10.8. The van der Waals surface area contributed by atoms with Crippen molar-refractivity contribution in [2.45, 2.75) is 98.7 Å². The first kappa shape index (κ1) is 26.2. The third-order valence-electron chi connectivity index (χ3n) is 4.82. The van der Waals surface area contributed by atoms with Gasteiger partial charge in [0, 0.05) is 12.0 Å². The molecule has 0 aliphatic carbocycles. The van der Waals surface area contributed by atoms with E-state index in [1.54, 1.807) is 0 Å². The average Bonchev–Trinajstić information content (AvgIpc) is 2.57. The maximum atomic E-state index is 12.9. The van der Waals surface area contributed by atoms with Gasteiger partial charge in [0.1, 0.15) is 6.04 Å². The molecule has 2 atom stereocenters. The lowest BCUT2D eigenvalue weighted by Gasteiger charge is -2.26. The number of aryl methyl sites for hydroxylation is 1. The second-order valence-electron chi connectivity index (χ2n) is 11.1. The summed E-state index contributed by atoms with van der Waals surface area (Å²) >= 11 is 0. The van der Waals surface area contributed by atoms with Crippen molar-refractivity contribution < 1.29 is 9.59 Å². The molecule has 0 saturated heterocycles. The van der Waals surface area contributed by atoms with E-state index in [9.17, 15) is 9.59 Å². The summed E-state index contributed by atoms with van der Waals surface area (Å²) in [4.78, 5) is 25.4. The molecular formula is C25H43N3O2. The summed E-state index contributed by atoms with van der Waals surface area (Å²) in [6, 6.07) is 7.06. The van der Waals surface area contributed by atoms with Gasteiger partial charge in [-0.2, -0.15) is 0 Å². The lowest BCUT2D eigenvalue weighted by molar-refractivity contribution is -0.130. The van der Waals surface area contributed by atoms with Gasteiger partial charge in [0.25, 0.3) is 0 Å². The van der Waals surface area contributed by atoms with Gasteiger partial charge >= 0.3 is 0 Å². The summed E-state index contributed by atoms with van der Waals surface area (Å²) in [5.41, 5.74) is 8.25. The molecule has 0 aromatic heterocycles. The summed E-state index contributed by atoms with van der Waals surface area (Å²) in [6.45, 7) is 16.6. The first-order valence-electron chi connectivity index (χ1n) is 11.1. The summed E-state index contributed by atoms with van der Waals surface area (Å²) in [7, 11) is 0. The zero-order valence-electron chi connectivity index (χ0n) is 20.3. The van der Waals surface area contributed by atoms with Gasteiger partial charge in [0.2, 0.25) is 11.8 Å². The highest BCUT2D eigenvalue weighted by Crippen LogP contribution is 2.21. The highest BCUT2D eigenvalue weighted by molar-refractivity contribution is 5.90. The van der Waals surface area contributed by atoms with Gasteiger partial charge in [-0.15, -0.1) is 0 Å². The first-order chi connectivity index (χ1) is 13.7. The Labute approximate surface area is 183 Å². The number of hydrogen-bond acceptors (Lipinski definition) is 3. The monoisotopic (exact) mass is 417 g/mol. The minimum absolute atomic E-state index is 0.190. The number of carbonyl (C=O) groups is 2. The van der Waals surface area contributed by atoms with Gasteiger partial charge in [-0.3, -0.25) is 9.59 Å². The zero-order valence-corrected chi connectivity index (χ0v) is 20.3. The van der Waals surface area contributed by atoms with Crippen molar-refractivity contribution in [1.82, 2.24) is 10.6 Å². The van der Waals surface area contributed by atoms with E-state index in [-0.39, 0.29) is 17.4 Å². The van der Waals surface area contributed by atoms with Gasteiger partial charge in [0.05, 0.1) is 6.04 Å². The fourth-order valence-corrected chi connectivity index (χ4v) is 3.16. The fourth-order valence-electron chi connectivity index (χ4n) is 3.16. The molecule has 5 nitrogen and oxygen atoms in total. The molecule has 2 unspecified atom stereocenters. The van der Waals surface area contributed by atoms with Crippen molar-refractivity contribution in [3.63, 3.8) is 0 Å². The van der Waals surface area contributed by atoms with Crippen molar-refractivity contribution >= 4 is 11.8 Å². The highest BCUT2D eigenvalue weighted by Gasteiger charge is 2.27. The maximum absolute atomic E-state index is 12.9. The number of nitrogens with one attached hydrogen (secondary N) is 2. The van der Waals surface area contributed by atoms with Crippen LogP contribution in [0.15, 0.2) is 24.3 Å². The SMILES string of the molecule is CC(C)CC(N)C(=O)NC(Cc1ccc(CCC(C)(C)C)cc1)C(=O)NC(C)(C)C. The van der Waals surface area contributed by atoms with Crippen molar-refractivity contribution in [1.29, 1.82) is 0 Å². The molecule has 0 aliphatic heterocycles. The second-order valence-corrected chi connectivity index (χ2v) is 11.1. The lowest BCUT2D eigenvalue weighted by Crippen LogP contribution is -2.55. The standard InChI is InChI=1S/C25H43N3O2/c1-17(2)15-20(26)22(29)27-21(23(30)28-25(6,7)8)16-19-11-9-18(10-12-19)13-14-24(3,4)5/h9-12,17,20-21H,13-16,26H2,1-8H3,(H,27,29)(H,28,30). The van der Waals surface area contributed by atoms with Crippen LogP contribution in [-0.4, -0.2) is 29.4 Å². The van der Waals surface area contributed by atoms with Crippen LogP contribution in [-0.2, 0) is 22.4 Å². The molecule has 1 aromatic rings. The van der Waals surface area contributed by atoms with Crippen LogP contribution in [0.25, 0.3) is 0 Å². The van der Waals surface area contributed by atoms with Crippen LogP contribution in [0, 0.1) is 11.3 Å². The molecule has 0 saturated carbocycles. The van der Waals surface area contributed by atoms with Gasteiger partial charge in [-0.05, 0) is 62.5 Å². The Morgan fingerprint density at radius 1 is 0.933 bits per heavy atom. The number of carbonyl (C=O) groups excluding carboxylic acids is 2. The minimum Gasteiger partial charge on any atom is -0.350 e. The number of hydrogen-bond donors (Lipinski definition) is 3. The minimum atomic E-state index is -0.657. The van der Waals surface area contributed by atoms with Crippen LogP contribution in [0.5, 0.6) is 0 Å². The number of benzene rings is 1.